The summed E-state index contributed by atoms with van der Waals surface area (Å²) >= 11 is 0. The highest BCUT2D eigenvalue weighted by Crippen LogP contribution is 2.32. The number of hydrogen-bond acceptors (Lipinski definition) is 4. The Balaban J connectivity index is 1.55. The van der Waals surface area contributed by atoms with Gasteiger partial charge in [-0.1, -0.05) is 0 Å². The van der Waals surface area contributed by atoms with E-state index in [4.69, 9.17) is 4.74 Å². The van der Waals surface area contributed by atoms with E-state index in [1.165, 1.54) is 0 Å². The summed E-state index contributed by atoms with van der Waals surface area (Å²) < 4.78 is 5.39. The number of fused-ring (bicyclic) bond motifs is 1. The number of carbonyl (C=O) groups excluding carboxylic acids is 3. The van der Waals surface area contributed by atoms with Crippen molar-refractivity contribution in [1.82, 2.24) is 15.2 Å². The number of aryl methyl sites for hydroxylation is 2. The monoisotopic (exact) mass is 331 g/mol. The van der Waals surface area contributed by atoms with Crippen LogP contribution in [0, 0.1) is 6.92 Å². The van der Waals surface area contributed by atoms with Crippen molar-refractivity contribution < 1.29 is 19.1 Å². The highest BCUT2D eigenvalue weighted by atomic mass is 16.6. The first-order chi connectivity index (χ1) is 11.5. The van der Waals surface area contributed by atoms with Crippen LogP contribution < -0.4 is 5.32 Å². The number of likely N-dealkylation sites (tertiary alicyclic amines) is 1. The summed E-state index contributed by atoms with van der Waals surface area (Å²) in [6.07, 6.45) is 3.03. The van der Waals surface area contributed by atoms with Crippen molar-refractivity contribution in [2.45, 2.75) is 44.6 Å². The van der Waals surface area contributed by atoms with E-state index >= 15 is 0 Å². The lowest BCUT2D eigenvalue weighted by molar-refractivity contribution is 0.00324. The largest absolute Gasteiger partial charge is 0.441 e. The molecule has 2 saturated heterocycles. The minimum atomic E-state index is -0.476. The second kappa shape index (κ2) is 5.36. The number of alkyl carbamates (subject to hydrolysis) is 1. The van der Waals surface area contributed by atoms with Gasteiger partial charge >= 0.3 is 6.09 Å². The number of H-pyrrole nitrogens is 1. The smallest absolute Gasteiger partial charge is 0.407 e. The van der Waals surface area contributed by atoms with Crippen molar-refractivity contribution in [2.75, 3.05) is 19.6 Å². The van der Waals surface area contributed by atoms with Crippen LogP contribution in [-0.4, -0.2) is 52.9 Å². The normalized spacial score (nSPS) is 22.3. The fraction of sp³-hybridized carbons (Fsp3) is 0.588. The van der Waals surface area contributed by atoms with Gasteiger partial charge in [0.15, 0.2) is 5.78 Å². The number of ether oxygens (including phenoxy) is 1. The van der Waals surface area contributed by atoms with Gasteiger partial charge in [0.2, 0.25) is 0 Å². The third-order valence-electron chi connectivity index (χ3n) is 5.41. The molecule has 1 spiro atoms. The third-order valence-corrected chi connectivity index (χ3v) is 5.41. The number of aromatic amines is 1. The Bertz CT molecular complexity index is 728. The average molecular weight is 331 g/mol. The van der Waals surface area contributed by atoms with Crippen LogP contribution in [0.25, 0.3) is 0 Å². The van der Waals surface area contributed by atoms with Gasteiger partial charge in [-0.3, -0.25) is 9.59 Å². The van der Waals surface area contributed by atoms with Crippen molar-refractivity contribution in [1.29, 1.82) is 0 Å². The topological polar surface area (TPSA) is 91.5 Å². The fourth-order valence-electron chi connectivity index (χ4n) is 4.06. The SMILES string of the molecule is Cc1[nH]c2c(c1C(=O)N1CCC3(CC1)CNC(=O)O3)C(=O)CCC2. The first-order valence-electron chi connectivity index (χ1n) is 8.50. The summed E-state index contributed by atoms with van der Waals surface area (Å²) in [5.74, 6) is -0.0289. The highest BCUT2D eigenvalue weighted by molar-refractivity contribution is 6.10. The molecule has 1 aliphatic carbocycles. The second-order valence-corrected chi connectivity index (χ2v) is 6.97. The molecule has 2 amide bonds. The van der Waals surface area contributed by atoms with Crippen molar-refractivity contribution in [3.63, 3.8) is 0 Å². The van der Waals surface area contributed by atoms with Crippen LogP contribution in [0.1, 0.15) is 57.8 Å². The molecule has 2 aliphatic heterocycles. The van der Waals surface area contributed by atoms with Crippen LogP contribution in [0.4, 0.5) is 4.79 Å². The maximum absolute atomic E-state index is 13.0. The van der Waals surface area contributed by atoms with E-state index < -0.39 is 5.60 Å². The molecule has 1 aromatic heterocycles. The molecule has 24 heavy (non-hydrogen) atoms. The van der Waals surface area contributed by atoms with Gasteiger partial charge in [-0.05, 0) is 19.8 Å². The van der Waals surface area contributed by atoms with E-state index in [0.717, 1.165) is 24.2 Å². The molecule has 0 unspecified atom stereocenters. The molecule has 1 aromatic rings. The number of aromatic nitrogens is 1. The number of carbonyl (C=O) groups is 3. The van der Waals surface area contributed by atoms with E-state index in [2.05, 4.69) is 10.3 Å². The number of piperidine rings is 1. The fourth-order valence-corrected chi connectivity index (χ4v) is 4.06. The minimum absolute atomic E-state index is 0.0614. The molecule has 0 radical (unpaired) electrons. The number of rotatable bonds is 1. The summed E-state index contributed by atoms with van der Waals surface area (Å²) in [5, 5.41) is 2.69. The van der Waals surface area contributed by atoms with Crippen molar-refractivity contribution in [3.8, 4) is 0 Å². The lowest BCUT2D eigenvalue weighted by Crippen LogP contribution is -2.48. The van der Waals surface area contributed by atoms with Gasteiger partial charge in [-0.2, -0.15) is 0 Å². The quantitative estimate of drug-likeness (QED) is 0.817. The summed E-state index contributed by atoms with van der Waals surface area (Å²) in [4.78, 5) is 41.6. The van der Waals surface area contributed by atoms with Crippen LogP contribution in [0.5, 0.6) is 0 Å². The van der Waals surface area contributed by atoms with Crippen LogP contribution in [0.15, 0.2) is 0 Å². The molecule has 0 bridgehead atoms. The highest BCUT2D eigenvalue weighted by Gasteiger charge is 2.44. The summed E-state index contributed by atoms with van der Waals surface area (Å²) in [5.41, 5.74) is 2.32. The Labute approximate surface area is 139 Å². The Morgan fingerprint density at radius 2 is 1.96 bits per heavy atom. The lowest BCUT2D eigenvalue weighted by atomic mass is 9.90. The number of Topliss-reactive ketones (excluding diaryl/α,β-unsaturated/α-hetero) is 1. The van der Waals surface area contributed by atoms with Crippen LogP contribution >= 0.6 is 0 Å². The van der Waals surface area contributed by atoms with Gasteiger partial charge in [-0.25, -0.2) is 4.79 Å². The molecular weight excluding hydrogens is 310 g/mol. The van der Waals surface area contributed by atoms with Crippen molar-refractivity contribution in [2.24, 2.45) is 0 Å². The zero-order chi connectivity index (χ0) is 16.9. The lowest BCUT2D eigenvalue weighted by Gasteiger charge is -2.37. The first-order valence-corrected chi connectivity index (χ1v) is 8.50. The zero-order valence-electron chi connectivity index (χ0n) is 13.7. The Morgan fingerprint density at radius 1 is 1.21 bits per heavy atom. The molecule has 7 heteroatoms. The maximum Gasteiger partial charge on any atom is 0.407 e. The van der Waals surface area contributed by atoms with Gasteiger partial charge in [-0.15, -0.1) is 0 Å². The number of nitrogens with one attached hydrogen (secondary N) is 2. The molecule has 3 heterocycles. The van der Waals surface area contributed by atoms with E-state index in [-0.39, 0.29) is 17.8 Å². The molecule has 128 valence electrons. The predicted molar refractivity (Wildman–Crippen MR) is 85.2 cm³/mol. The van der Waals surface area contributed by atoms with E-state index in [1.54, 1.807) is 4.90 Å². The van der Waals surface area contributed by atoms with Crippen molar-refractivity contribution in [3.05, 3.63) is 22.5 Å². The molecule has 2 N–H and O–H groups in total. The van der Waals surface area contributed by atoms with Gasteiger partial charge < -0.3 is 19.9 Å². The van der Waals surface area contributed by atoms with Gasteiger partial charge in [0.05, 0.1) is 17.7 Å². The first kappa shape index (κ1) is 15.2. The second-order valence-electron chi connectivity index (χ2n) is 6.97. The number of hydrogen-bond donors (Lipinski definition) is 2. The standard InChI is InChI=1S/C17H21N3O4/c1-10-13(14-11(19-10)3-2-4-12(14)21)15(22)20-7-5-17(6-8-20)9-18-16(23)24-17/h19H,2-9H2,1H3,(H,18,23). The molecule has 3 aliphatic rings. The molecule has 0 saturated carbocycles. The zero-order valence-corrected chi connectivity index (χ0v) is 13.7. The van der Waals surface area contributed by atoms with Gasteiger partial charge in [0.25, 0.3) is 5.91 Å². The van der Waals surface area contributed by atoms with Gasteiger partial charge in [0, 0.05) is 43.7 Å². The molecule has 4 rings (SSSR count). The van der Waals surface area contributed by atoms with E-state index in [0.29, 0.717) is 50.0 Å². The Morgan fingerprint density at radius 3 is 2.62 bits per heavy atom. The van der Waals surface area contributed by atoms with E-state index in [9.17, 15) is 14.4 Å². The molecule has 2 fully saturated rings. The van der Waals surface area contributed by atoms with E-state index in [1.807, 2.05) is 6.92 Å². The number of amides is 2. The number of nitrogens with zero attached hydrogens (tertiary/aromatic N) is 1. The van der Waals surface area contributed by atoms with Crippen LogP contribution in [0.2, 0.25) is 0 Å². The third kappa shape index (κ3) is 2.30. The molecule has 0 atom stereocenters. The molecule has 7 nitrogen and oxygen atoms in total. The summed E-state index contributed by atoms with van der Waals surface area (Å²) in [6.45, 7) is 3.42. The molecule has 0 aromatic carbocycles. The summed E-state index contributed by atoms with van der Waals surface area (Å²) in [7, 11) is 0. The summed E-state index contributed by atoms with van der Waals surface area (Å²) in [6, 6.07) is 0. The van der Waals surface area contributed by atoms with Crippen LogP contribution in [-0.2, 0) is 11.2 Å². The minimum Gasteiger partial charge on any atom is -0.441 e. The average Bonchev–Trinajstić information content (AvgIpc) is 3.08. The number of ketones is 1. The van der Waals surface area contributed by atoms with Crippen LogP contribution in [0.3, 0.4) is 0 Å². The van der Waals surface area contributed by atoms with Crippen molar-refractivity contribution >= 4 is 17.8 Å². The molecular formula is C17H21N3O4. The van der Waals surface area contributed by atoms with Gasteiger partial charge in [0.1, 0.15) is 5.60 Å². The predicted octanol–water partition coefficient (Wildman–Crippen LogP) is 1.56. The maximum atomic E-state index is 13.0. The Kier molecular flexibility index (Phi) is 3.40. The Hall–Kier alpha value is -2.31.